The van der Waals surface area contributed by atoms with Crippen molar-refractivity contribution in [3.63, 3.8) is 0 Å². The normalized spacial score (nSPS) is 20.6. The largest absolute Gasteiger partial charge is 0.571 e. The standard InChI is InChI=1S/C42H48BO7/c1-38(2,25-33(35(44)50-43-47)31-19-12-9-13-20-31)40(5,37(46)49-34-24-16-22-30-21-14-15-23-32(30)34)27-39(3,4)42(7)28-41(42,6)36(45)48-26-29-17-10-8-11-18-29/h8-24,33,47H,25-28H2,1-7H3. The smallest absolute Gasteiger partial charge is 0.510 e. The Balaban J connectivity index is 1.50. The van der Waals surface area contributed by atoms with Crippen LogP contribution in [0.1, 0.15) is 84.8 Å². The maximum atomic E-state index is 14.8. The first-order valence-corrected chi connectivity index (χ1v) is 17.2. The zero-order valence-electron chi connectivity index (χ0n) is 30.2. The van der Waals surface area contributed by atoms with E-state index in [0.29, 0.717) is 31.8 Å². The Morgan fingerprint density at radius 1 is 0.820 bits per heavy atom. The molecule has 0 bridgehead atoms. The number of fused-ring (bicyclic) bond motifs is 1. The van der Waals surface area contributed by atoms with Gasteiger partial charge in [0.05, 0.1) is 16.7 Å². The second kappa shape index (κ2) is 14.1. The lowest BCUT2D eigenvalue weighted by molar-refractivity contribution is -0.160. The zero-order valence-corrected chi connectivity index (χ0v) is 30.2. The molecule has 0 saturated heterocycles. The lowest BCUT2D eigenvalue weighted by atomic mass is 9.54. The molecule has 0 aliphatic heterocycles. The Morgan fingerprint density at radius 3 is 2.08 bits per heavy atom. The molecule has 1 aliphatic rings. The minimum absolute atomic E-state index is 0.191. The quantitative estimate of drug-likeness (QED) is 0.0812. The summed E-state index contributed by atoms with van der Waals surface area (Å²) >= 11 is 0. The van der Waals surface area contributed by atoms with Gasteiger partial charge in [0.2, 0.25) is 0 Å². The first kappa shape index (κ1) is 36.8. The van der Waals surface area contributed by atoms with Gasteiger partial charge in [0.15, 0.2) is 0 Å². The molecule has 4 aromatic rings. The molecule has 4 atom stereocenters. The van der Waals surface area contributed by atoms with E-state index in [2.05, 4.69) is 20.8 Å². The highest BCUT2D eigenvalue weighted by Crippen LogP contribution is 2.74. The monoisotopic (exact) mass is 675 g/mol. The minimum Gasteiger partial charge on any atom is -0.510 e. The number of rotatable bonds is 14. The maximum absolute atomic E-state index is 14.8. The van der Waals surface area contributed by atoms with Crippen molar-refractivity contribution < 1.29 is 33.5 Å². The molecule has 1 saturated carbocycles. The van der Waals surface area contributed by atoms with Gasteiger partial charge in [-0.1, -0.05) is 132 Å². The average molecular weight is 676 g/mol. The Bertz CT molecular complexity index is 1830. The van der Waals surface area contributed by atoms with Crippen LogP contribution in [0.4, 0.5) is 0 Å². The number of esters is 2. The van der Waals surface area contributed by atoms with Gasteiger partial charge in [-0.3, -0.25) is 14.4 Å². The predicted octanol–water partition coefficient (Wildman–Crippen LogP) is 8.60. The predicted molar refractivity (Wildman–Crippen MR) is 195 cm³/mol. The van der Waals surface area contributed by atoms with Crippen LogP contribution in [0.25, 0.3) is 10.8 Å². The van der Waals surface area contributed by atoms with Crippen LogP contribution in [0.15, 0.2) is 103 Å². The van der Waals surface area contributed by atoms with E-state index in [1.54, 1.807) is 6.07 Å². The van der Waals surface area contributed by atoms with E-state index < -0.39 is 44.9 Å². The zero-order chi connectivity index (χ0) is 36.4. The Labute approximate surface area is 296 Å². The summed E-state index contributed by atoms with van der Waals surface area (Å²) in [7, 11) is 0.397. The molecule has 261 valence electrons. The molecule has 4 unspecified atom stereocenters. The van der Waals surface area contributed by atoms with Gasteiger partial charge in [-0.05, 0) is 71.9 Å². The number of carbonyl (C=O) groups excluding carboxylic acids is 3. The minimum atomic E-state index is -1.18. The highest BCUT2D eigenvalue weighted by molar-refractivity contribution is 6.20. The van der Waals surface area contributed by atoms with Gasteiger partial charge in [-0.2, -0.15) is 0 Å². The van der Waals surface area contributed by atoms with E-state index in [9.17, 15) is 19.4 Å². The van der Waals surface area contributed by atoms with Gasteiger partial charge in [0.25, 0.3) is 5.97 Å². The highest BCUT2D eigenvalue weighted by atomic mass is 16.6. The summed E-state index contributed by atoms with van der Waals surface area (Å²) in [5.74, 6) is -1.65. The first-order chi connectivity index (χ1) is 23.6. The number of hydrogen-bond donors (Lipinski definition) is 1. The van der Waals surface area contributed by atoms with Crippen molar-refractivity contribution in [2.24, 2.45) is 27.1 Å². The molecule has 50 heavy (non-hydrogen) atoms. The van der Waals surface area contributed by atoms with Crippen LogP contribution in [-0.4, -0.2) is 30.6 Å². The van der Waals surface area contributed by atoms with Crippen molar-refractivity contribution in [3.05, 3.63) is 114 Å². The SMILES string of the molecule is CC(C)(CC(C(=O)O[B]O)c1ccccc1)C(C)(CC(C)(C)C1(C)CC1(C)C(=O)OCc1ccccc1)C(=O)Oc1cccc2ccccc12. The molecular weight excluding hydrogens is 627 g/mol. The molecule has 7 nitrogen and oxygen atoms in total. The third kappa shape index (κ3) is 6.95. The summed E-state index contributed by atoms with van der Waals surface area (Å²) in [6.07, 6.45) is 1.16. The van der Waals surface area contributed by atoms with Crippen molar-refractivity contribution >= 4 is 36.4 Å². The number of hydrogen-bond acceptors (Lipinski definition) is 7. The topological polar surface area (TPSA) is 99.1 Å². The van der Waals surface area contributed by atoms with E-state index >= 15 is 0 Å². The van der Waals surface area contributed by atoms with E-state index in [1.165, 1.54) is 0 Å². The van der Waals surface area contributed by atoms with Gasteiger partial charge in [-0.25, -0.2) is 0 Å². The van der Waals surface area contributed by atoms with Gasteiger partial charge in [-0.15, -0.1) is 0 Å². The molecule has 1 fully saturated rings. The Morgan fingerprint density at radius 2 is 1.42 bits per heavy atom. The van der Waals surface area contributed by atoms with E-state index in [-0.39, 0.29) is 19.0 Å². The second-order valence-corrected chi connectivity index (χ2v) is 15.8. The summed E-state index contributed by atoms with van der Waals surface area (Å²) in [5.41, 5.74) is -2.25. The second-order valence-electron chi connectivity index (χ2n) is 15.8. The number of benzene rings is 4. The Hall–Kier alpha value is -4.43. The summed E-state index contributed by atoms with van der Waals surface area (Å²) in [6.45, 7) is 14.3. The van der Waals surface area contributed by atoms with Crippen LogP contribution in [0.2, 0.25) is 0 Å². The van der Waals surface area contributed by atoms with E-state index in [4.69, 9.17) is 14.1 Å². The lowest BCUT2D eigenvalue weighted by Gasteiger charge is -2.49. The molecule has 8 heteroatoms. The molecule has 0 aromatic heterocycles. The highest BCUT2D eigenvalue weighted by Gasteiger charge is 2.73. The van der Waals surface area contributed by atoms with Crippen molar-refractivity contribution in [1.29, 1.82) is 0 Å². The molecule has 0 heterocycles. The van der Waals surface area contributed by atoms with Crippen molar-refractivity contribution in [2.45, 2.75) is 80.3 Å². The third-order valence-electron chi connectivity index (χ3n) is 12.0. The van der Waals surface area contributed by atoms with Crippen molar-refractivity contribution in [3.8, 4) is 5.75 Å². The fourth-order valence-corrected chi connectivity index (χ4v) is 7.89. The van der Waals surface area contributed by atoms with Crippen LogP contribution in [0.3, 0.4) is 0 Å². The molecule has 1 N–H and O–H groups in total. The van der Waals surface area contributed by atoms with Gasteiger partial charge < -0.3 is 19.2 Å². The van der Waals surface area contributed by atoms with Gasteiger partial charge >= 0.3 is 19.6 Å². The molecule has 1 radical (unpaired) electrons. The maximum Gasteiger partial charge on any atom is 0.571 e. The fourth-order valence-electron chi connectivity index (χ4n) is 7.89. The fraction of sp³-hybridized carbons (Fsp3) is 0.405. The van der Waals surface area contributed by atoms with Crippen LogP contribution < -0.4 is 4.74 Å². The van der Waals surface area contributed by atoms with E-state index in [0.717, 1.165) is 16.3 Å². The van der Waals surface area contributed by atoms with Gasteiger partial charge in [0.1, 0.15) is 12.4 Å². The molecule has 0 amide bonds. The first-order valence-electron chi connectivity index (χ1n) is 17.2. The summed E-state index contributed by atoms with van der Waals surface area (Å²) < 4.78 is 17.2. The van der Waals surface area contributed by atoms with Crippen molar-refractivity contribution in [1.82, 2.24) is 0 Å². The summed E-state index contributed by atoms with van der Waals surface area (Å²) in [6, 6.07) is 32.2. The van der Waals surface area contributed by atoms with Crippen LogP contribution in [0.5, 0.6) is 5.75 Å². The number of ether oxygens (including phenoxy) is 2. The molecule has 0 spiro atoms. The summed E-state index contributed by atoms with van der Waals surface area (Å²) in [5, 5.41) is 11.2. The molecule has 4 aromatic carbocycles. The van der Waals surface area contributed by atoms with Gasteiger partial charge in [0, 0.05) is 5.39 Å². The van der Waals surface area contributed by atoms with E-state index in [1.807, 2.05) is 125 Å². The lowest BCUT2D eigenvalue weighted by Crippen LogP contribution is -2.50. The number of carbonyl (C=O) groups is 3. The average Bonchev–Trinajstić information content (AvgIpc) is 3.70. The Kier molecular flexibility index (Phi) is 10.4. The molecule has 1 aliphatic carbocycles. The van der Waals surface area contributed by atoms with Crippen LogP contribution in [0, 0.1) is 27.1 Å². The van der Waals surface area contributed by atoms with Crippen LogP contribution in [-0.2, 0) is 30.4 Å². The third-order valence-corrected chi connectivity index (χ3v) is 12.0. The molecule has 5 rings (SSSR count). The van der Waals surface area contributed by atoms with Crippen molar-refractivity contribution in [2.75, 3.05) is 0 Å². The summed E-state index contributed by atoms with van der Waals surface area (Å²) in [4.78, 5) is 41.9. The van der Waals surface area contributed by atoms with Crippen LogP contribution >= 0.6 is 0 Å². The molecular formula is C42H48BO7.